The number of hydrogen-bond acceptors (Lipinski definition) is 3. The van der Waals surface area contributed by atoms with E-state index in [1.54, 1.807) is 0 Å². The molecule has 0 aromatic rings. The second kappa shape index (κ2) is 6.80. The maximum absolute atomic E-state index is 12.4. The SMILES string of the molecule is CCOC[C@@]1(O)CC[C@@]2(C)[C@H](CC[C@]3(C)[C@@H]2CC[C@@]2(C)[C@H]3CC[C@@H]2C(C)=O)C1. The minimum absolute atomic E-state index is 0.213. The summed E-state index contributed by atoms with van der Waals surface area (Å²) in [6, 6.07) is 0. The van der Waals surface area contributed by atoms with E-state index >= 15 is 0 Å². The molecule has 3 nitrogen and oxygen atoms in total. The highest BCUT2D eigenvalue weighted by Crippen LogP contribution is 2.72. The molecule has 28 heavy (non-hydrogen) atoms. The molecule has 0 saturated heterocycles. The number of aliphatic hydroxyl groups is 1. The fourth-order valence-electron chi connectivity index (χ4n) is 9.09. The summed E-state index contributed by atoms with van der Waals surface area (Å²) in [6.45, 7) is 12.6. The zero-order chi connectivity index (χ0) is 20.4. The summed E-state index contributed by atoms with van der Waals surface area (Å²) in [5, 5.41) is 11.1. The highest BCUT2D eigenvalue weighted by molar-refractivity contribution is 5.79. The molecule has 0 bridgehead atoms. The number of Topliss-reactive ketones (excluding diaryl/α,β-unsaturated/α-hetero) is 1. The van der Waals surface area contributed by atoms with Gasteiger partial charge in [-0.2, -0.15) is 0 Å². The van der Waals surface area contributed by atoms with Crippen LogP contribution in [0.3, 0.4) is 0 Å². The Morgan fingerprint density at radius 3 is 2.29 bits per heavy atom. The lowest BCUT2D eigenvalue weighted by Gasteiger charge is -2.66. The molecule has 0 radical (unpaired) electrons. The summed E-state index contributed by atoms with van der Waals surface area (Å²) in [5.74, 6) is 2.74. The van der Waals surface area contributed by atoms with E-state index in [1.165, 1.54) is 32.1 Å². The molecule has 4 aliphatic carbocycles. The second-order valence-corrected chi connectivity index (χ2v) is 11.7. The van der Waals surface area contributed by atoms with Crippen LogP contribution in [0.1, 0.15) is 92.4 Å². The molecule has 0 amide bonds. The van der Waals surface area contributed by atoms with Crippen LogP contribution in [0, 0.1) is 39.9 Å². The molecule has 0 aromatic carbocycles. The molecule has 1 N–H and O–H groups in total. The van der Waals surface area contributed by atoms with E-state index < -0.39 is 5.60 Å². The summed E-state index contributed by atoms with van der Waals surface area (Å²) in [5.41, 5.74) is 0.285. The molecular weight excluding hydrogens is 348 g/mol. The minimum atomic E-state index is -0.621. The Labute approximate surface area is 172 Å². The standard InChI is InChI=1S/C25H42O3/c1-6-28-16-25(27)14-13-22(3)18(15-25)9-11-24(5)20-8-7-19(17(2)26)23(20,4)12-10-21(22)24/h18-21,27H,6-16H2,1-5H3/t18-,19-,20-,21-,22+,23-,24+,25-/m1/s1. The van der Waals surface area contributed by atoms with Crippen LogP contribution >= 0.6 is 0 Å². The van der Waals surface area contributed by atoms with Gasteiger partial charge in [-0.25, -0.2) is 0 Å². The molecule has 4 rings (SSSR count). The second-order valence-electron chi connectivity index (χ2n) is 11.7. The fourth-order valence-corrected chi connectivity index (χ4v) is 9.09. The fraction of sp³-hybridized carbons (Fsp3) is 0.960. The van der Waals surface area contributed by atoms with Crippen molar-refractivity contribution in [3.05, 3.63) is 0 Å². The van der Waals surface area contributed by atoms with Crippen LogP contribution < -0.4 is 0 Å². The van der Waals surface area contributed by atoms with Gasteiger partial charge in [0, 0.05) is 12.5 Å². The molecule has 8 atom stereocenters. The third-order valence-electron chi connectivity index (χ3n) is 10.5. The van der Waals surface area contributed by atoms with Gasteiger partial charge in [0.05, 0.1) is 12.2 Å². The van der Waals surface area contributed by atoms with Gasteiger partial charge in [0.2, 0.25) is 0 Å². The van der Waals surface area contributed by atoms with Crippen molar-refractivity contribution in [1.82, 2.24) is 0 Å². The molecule has 4 aliphatic rings. The smallest absolute Gasteiger partial charge is 0.133 e. The third kappa shape index (κ3) is 2.86. The van der Waals surface area contributed by atoms with E-state index in [1.807, 2.05) is 13.8 Å². The highest BCUT2D eigenvalue weighted by atomic mass is 16.5. The third-order valence-corrected chi connectivity index (χ3v) is 10.5. The van der Waals surface area contributed by atoms with Crippen LogP contribution in [0.15, 0.2) is 0 Å². The van der Waals surface area contributed by atoms with Gasteiger partial charge >= 0.3 is 0 Å². The molecule has 4 fully saturated rings. The Hall–Kier alpha value is -0.410. The Bertz CT molecular complexity index is 631. The van der Waals surface area contributed by atoms with Crippen LogP contribution in [0.5, 0.6) is 0 Å². The summed E-state index contributed by atoms with van der Waals surface area (Å²) in [7, 11) is 0. The average Bonchev–Trinajstić information content (AvgIpc) is 3.00. The van der Waals surface area contributed by atoms with E-state index in [9.17, 15) is 9.90 Å². The van der Waals surface area contributed by atoms with Crippen molar-refractivity contribution in [1.29, 1.82) is 0 Å². The lowest BCUT2D eigenvalue weighted by molar-refractivity contribution is -0.196. The quantitative estimate of drug-likeness (QED) is 0.700. The number of rotatable bonds is 4. The monoisotopic (exact) mass is 390 g/mol. The van der Waals surface area contributed by atoms with Crippen molar-refractivity contribution < 1.29 is 14.6 Å². The summed E-state index contributed by atoms with van der Waals surface area (Å²) in [4.78, 5) is 12.4. The van der Waals surface area contributed by atoms with Gasteiger partial charge in [0.15, 0.2) is 0 Å². The first kappa shape index (κ1) is 20.8. The molecule has 3 heteroatoms. The molecule has 0 spiro atoms. The largest absolute Gasteiger partial charge is 0.387 e. The lowest BCUT2D eigenvalue weighted by atomic mass is 9.39. The van der Waals surface area contributed by atoms with Gasteiger partial charge in [0.25, 0.3) is 0 Å². The summed E-state index contributed by atoms with van der Waals surface area (Å²) >= 11 is 0. The first-order chi connectivity index (χ1) is 13.1. The maximum Gasteiger partial charge on any atom is 0.133 e. The van der Waals surface area contributed by atoms with Crippen LogP contribution in [0.4, 0.5) is 0 Å². The zero-order valence-electron chi connectivity index (χ0n) is 18.9. The Morgan fingerprint density at radius 2 is 1.61 bits per heavy atom. The summed E-state index contributed by atoms with van der Waals surface area (Å²) < 4.78 is 5.64. The number of fused-ring (bicyclic) bond motifs is 5. The first-order valence-electron chi connectivity index (χ1n) is 11.9. The number of ketones is 1. The van der Waals surface area contributed by atoms with Gasteiger partial charge < -0.3 is 9.84 Å². The number of hydrogen-bond donors (Lipinski definition) is 1. The Morgan fingerprint density at radius 1 is 0.929 bits per heavy atom. The molecule has 0 unspecified atom stereocenters. The van der Waals surface area contributed by atoms with Gasteiger partial charge in [0.1, 0.15) is 5.78 Å². The van der Waals surface area contributed by atoms with Crippen molar-refractivity contribution in [2.75, 3.05) is 13.2 Å². The highest BCUT2D eigenvalue weighted by Gasteiger charge is 2.66. The van der Waals surface area contributed by atoms with E-state index in [0.717, 1.165) is 31.6 Å². The number of ether oxygens (including phenoxy) is 1. The maximum atomic E-state index is 12.4. The molecular formula is C25H42O3. The lowest BCUT2D eigenvalue weighted by Crippen LogP contribution is -2.60. The van der Waals surface area contributed by atoms with Gasteiger partial charge in [-0.1, -0.05) is 20.8 Å². The normalized spacial score (nSPS) is 53.2. The van der Waals surface area contributed by atoms with Crippen molar-refractivity contribution >= 4 is 5.78 Å². The Kier molecular flexibility index (Phi) is 5.07. The topological polar surface area (TPSA) is 46.5 Å². The number of carbonyl (C=O) groups is 1. The van der Waals surface area contributed by atoms with Crippen LogP contribution in [-0.2, 0) is 9.53 Å². The van der Waals surface area contributed by atoms with Crippen LogP contribution in [-0.4, -0.2) is 29.7 Å². The predicted octanol–water partition coefficient (Wildman–Crippen LogP) is 5.39. The van der Waals surface area contributed by atoms with E-state index in [2.05, 4.69) is 20.8 Å². The first-order valence-corrected chi connectivity index (χ1v) is 11.9. The molecule has 0 aliphatic heterocycles. The zero-order valence-corrected chi connectivity index (χ0v) is 18.9. The van der Waals surface area contributed by atoms with Gasteiger partial charge in [-0.05, 0) is 106 Å². The molecule has 0 aromatic heterocycles. The van der Waals surface area contributed by atoms with Crippen molar-refractivity contribution in [2.45, 2.75) is 98.0 Å². The van der Waals surface area contributed by atoms with E-state index in [-0.39, 0.29) is 11.3 Å². The van der Waals surface area contributed by atoms with Crippen molar-refractivity contribution in [3.8, 4) is 0 Å². The molecule has 0 heterocycles. The number of carbonyl (C=O) groups excluding carboxylic acids is 1. The summed E-state index contributed by atoms with van der Waals surface area (Å²) in [6.07, 6.45) is 10.2. The Balaban J connectivity index is 1.59. The average molecular weight is 391 g/mol. The van der Waals surface area contributed by atoms with Crippen molar-refractivity contribution in [2.24, 2.45) is 39.9 Å². The minimum Gasteiger partial charge on any atom is -0.387 e. The van der Waals surface area contributed by atoms with Gasteiger partial charge in [-0.3, -0.25) is 4.79 Å². The predicted molar refractivity (Wildman–Crippen MR) is 112 cm³/mol. The van der Waals surface area contributed by atoms with E-state index in [0.29, 0.717) is 41.7 Å². The van der Waals surface area contributed by atoms with Crippen molar-refractivity contribution in [3.63, 3.8) is 0 Å². The van der Waals surface area contributed by atoms with Crippen LogP contribution in [0.2, 0.25) is 0 Å². The van der Waals surface area contributed by atoms with Crippen LogP contribution in [0.25, 0.3) is 0 Å². The van der Waals surface area contributed by atoms with Gasteiger partial charge in [-0.15, -0.1) is 0 Å². The molecule has 4 saturated carbocycles. The molecule has 160 valence electrons. The van der Waals surface area contributed by atoms with E-state index in [4.69, 9.17) is 4.74 Å².